The highest BCUT2D eigenvalue weighted by atomic mass is 16.5. The molecular formula is C22H21N3O4. The Morgan fingerprint density at radius 2 is 1.59 bits per heavy atom. The maximum absolute atomic E-state index is 13.1. The van der Waals surface area contributed by atoms with Crippen molar-refractivity contribution in [3.05, 3.63) is 76.2 Å². The Kier molecular flexibility index (Phi) is 5.12. The Morgan fingerprint density at radius 1 is 0.966 bits per heavy atom. The third kappa shape index (κ3) is 3.63. The van der Waals surface area contributed by atoms with Gasteiger partial charge >= 0.3 is 5.97 Å². The van der Waals surface area contributed by atoms with Crippen LogP contribution in [0.1, 0.15) is 35.0 Å². The lowest BCUT2D eigenvalue weighted by Crippen LogP contribution is -2.35. The van der Waals surface area contributed by atoms with Gasteiger partial charge in [0.05, 0.1) is 5.39 Å². The van der Waals surface area contributed by atoms with Gasteiger partial charge in [0.15, 0.2) is 5.69 Å². The van der Waals surface area contributed by atoms with E-state index in [1.165, 1.54) is 7.05 Å². The zero-order valence-corrected chi connectivity index (χ0v) is 16.1. The smallest absolute Gasteiger partial charge is 0.360 e. The van der Waals surface area contributed by atoms with E-state index in [1.54, 1.807) is 53.4 Å². The van der Waals surface area contributed by atoms with Gasteiger partial charge in [-0.3, -0.25) is 9.59 Å². The maximum atomic E-state index is 13.1. The van der Waals surface area contributed by atoms with Crippen LogP contribution in [0.2, 0.25) is 0 Å². The van der Waals surface area contributed by atoms with Crippen LogP contribution in [0.4, 0.5) is 0 Å². The summed E-state index contributed by atoms with van der Waals surface area (Å²) >= 11 is 0. The second kappa shape index (κ2) is 7.87. The minimum absolute atomic E-state index is 0.0119. The molecule has 0 bridgehead atoms. The Balaban J connectivity index is 1.72. The van der Waals surface area contributed by atoms with Gasteiger partial charge in [0.25, 0.3) is 11.5 Å². The van der Waals surface area contributed by atoms with Crippen molar-refractivity contribution in [2.45, 2.75) is 18.9 Å². The van der Waals surface area contributed by atoms with E-state index >= 15 is 0 Å². The van der Waals surface area contributed by atoms with Gasteiger partial charge in [0.1, 0.15) is 0 Å². The number of ether oxygens (including phenoxy) is 1. The predicted molar refractivity (Wildman–Crippen MR) is 107 cm³/mol. The molecule has 0 unspecified atom stereocenters. The van der Waals surface area contributed by atoms with E-state index in [0.29, 0.717) is 29.4 Å². The highest BCUT2D eigenvalue weighted by molar-refractivity contribution is 6.03. The molecule has 1 aliphatic heterocycles. The van der Waals surface area contributed by atoms with Gasteiger partial charge in [0.2, 0.25) is 6.10 Å². The Labute approximate surface area is 167 Å². The number of amides is 1. The van der Waals surface area contributed by atoms with Gasteiger partial charge in [-0.1, -0.05) is 48.5 Å². The van der Waals surface area contributed by atoms with Crippen LogP contribution in [-0.2, 0) is 16.6 Å². The number of rotatable bonds is 4. The first-order valence-electron chi connectivity index (χ1n) is 9.57. The highest BCUT2D eigenvalue weighted by Crippen LogP contribution is 2.25. The standard InChI is InChI=1S/C22H21N3O4/c1-24-20(26)17-12-6-5-11-16(17)18(23-24)22(28)29-19(15-9-3-2-4-10-15)21(27)25-13-7-8-14-25/h2-6,9-12,19H,7-8,13-14H2,1H3/t19-/m1/s1. The van der Waals surface area contributed by atoms with Crippen LogP contribution >= 0.6 is 0 Å². The van der Waals surface area contributed by atoms with E-state index in [9.17, 15) is 14.4 Å². The molecule has 0 radical (unpaired) electrons. The third-order valence-corrected chi connectivity index (χ3v) is 5.12. The summed E-state index contributed by atoms with van der Waals surface area (Å²) in [5, 5.41) is 4.89. The quantitative estimate of drug-likeness (QED) is 0.638. The lowest BCUT2D eigenvalue weighted by atomic mass is 10.1. The fourth-order valence-electron chi connectivity index (χ4n) is 3.61. The van der Waals surface area contributed by atoms with E-state index < -0.39 is 12.1 Å². The summed E-state index contributed by atoms with van der Waals surface area (Å²) in [7, 11) is 1.48. The zero-order chi connectivity index (χ0) is 20.4. The first-order chi connectivity index (χ1) is 14.1. The minimum atomic E-state index is -1.06. The van der Waals surface area contributed by atoms with Crippen molar-refractivity contribution in [2.75, 3.05) is 13.1 Å². The van der Waals surface area contributed by atoms with E-state index in [0.717, 1.165) is 17.5 Å². The number of carbonyl (C=O) groups is 2. The van der Waals surface area contributed by atoms with Crippen molar-refractivity contribution < 1.29 is 14.3 Å². The summed E-state index contributed by atoms with van der Waals surface area (Å²) in [6, 6.07) is 15.7. The number of esters is 1. The van der Waals surface area contributed by atoms with Crippen LogP contribution < -0.4 is 5.56 Å². The van der Waals surface area contributed by atoms with Gasteiger partial charge in [-0.25, -0.2) is 9.48 Å². The minimum Gasteiger partial charge on any atom is -0.442 e. The van der Waals surface area contributed by atoms with Crippen molar-refractivity contribution in [3.8, 4) is 0 Å². The molecule has 7 nitrogen and oxygen atoms in total. The Morgan fingerprint density at radius 3 is 2.28 bits per heavy atom. The zero-order valence-electron chi connectivity index (χ0n) is 16.1. The number of hydrogen-bond acceptors (Lipinski definition) is 5. The van der Waals surface area contributed by atoms with Crippen LogP contribution in [-0.4, -0.2) is 39.6 Å². The van der Waals surface area contributed by atoms with E-state index in [4.69, 9.17) is 4.74 Å². The summed E-state index contributed by atoms with van der Waals surface area (Å²) < 4.78 is 6.80. The average molecular weight is 391 g/mol. The maximum Gasteiger partial charge on any atom is 0.360 e. The van der Waals surface area contributed by atoms with Crippen molar-refractivity contribution >= 4 is 22.6 Å². The molecule has 0 saturated carbocycles. The number of hydrogen-bond donors (Lipinski definition) is 0. The van der Waals surface area contributed by atoms with Crippen LogP contribution in [0, 0.1) is 0 Å². The van der Waals surface area contributed by atoms with Crippen molar-refractivity contribution in [3.63, 3.8) is 0 Å². The summed E-state index contributed by atoms with van der Waals surface area (Å²) in [6.07, 6.45) is 0.821. The second-order valence-corrected chi connectivity index (χ2v) is 7.05. The number of benzene rings is 2. The SMILES string of the molecule is Cn1nc(C(=O)O[C@@H](C(=O)N2CCCC2)c2ccccc2)c2ccccc2c1=O. The molecule has 1 atom stereocenters. The fraction of sp³-hybridized carbons (Fsp3) is 0.273. The number of nitrogens with zero attached hydrogens (tertiary/aromatic N) is 3. The summed E-state index contributed by atoms with van der Waals surface area (Å²) in [5.41, 5.74) is 0.314. The van der Waals surface area contributed by atoms with Crippen molar-refractivity contribution in [1.29, 1.82) is 0 Å². The molecular weight excluding hydrogens is 370 g/mol. The number of aryl methyl sites for hydroxylation is 1. The molecule has 4 rings (SSSR count). The molecule has 1 fully saturated rings. The predicted octanol–water partition coefficient (Wildman–Crippen LogP) is 2.45. The summed E-state index contributed by atoms with van der Waals surface area (Å²) in [4.78, 5) is 40.2. The third-order valence-electron chi connectivity index (χ3n) is 5.12. The Hall–Kier alpha value is -3.48. The van der Waals surface area contributed by atoms with Crippen LogP contribution in [0.3, 0.4) is 0 Å². The summed E-state index contributed by atoms with van der Waals surface area (Å²) in [6.45, 7) is 1.31. The molecule has 2 heterocycles. The number of aromatic nitrogens is 2. The second-order valence-electron chi connectivity index (χ2n) is 7.05. The molecule has 1 aromatic heterocycles. The fourth-order valence-corrected chi connectivity index (χ4v) is 3.61. The molecule has 0 spiro atoms. The van der Waals surface area contributed by atoms with Gasteiger partial charge in [0, 0.05) is 31.1 Å². The monoisotopic (exact) mass is 391 g/mol. The van der Waals surface area contributed by atoms with E-state index in [-0.39, 0.29) is 17.2 Å². The number of carbonyl (C=O) groups excluding carboxylic acids is 2. The molecule has 1 amide bonds. The van der Waals surface area contributed by atoms with Crippen molar-refractivity contribution in [2.24, 2.45) is 7.05 Å². The molecule has 0 aliphatic carbocycles. The molecule has 7 heteroatoms. The molecule has 1 aliphatic rings. The molecule has 3 aromatic rings. The first-order valence-corrected chi connectivity index (χ1v) is 9.57. The number of likely N-dealkylation sites (tertiary alicyclic amines) is 1. The summed E-state index contributed by atoms with van der Waals surface area (Å²) in [5.74, 6) is -0.977. The molecule has 2 aromatic carbocycles. The molecule has 148 valence electrons. The van der Waals surface area contributed by atoms with Gasteiger partial charge in [-0.15, -0.1) is 0 Å². The van der Waals surface area contributed by atoms with E-state index in [1.807, 2.05) is 6.07 Å². The van der Waals surface area contributed by atoms with E-state index in [2.05, 4.69) is 5.10 Å². The van der Waals surface area contributed by atoms with Gasteiger partial charge in [-0.05, 0) is 18.9 Å². The van der Waals surface area contributed by atoms with Gasteiger partial charge < -0.3 is 9.64 Å². The van der Waals surface area contributed by atoms with Gasteiger partial charge in [-0.2, -0.15) is 5.10 Å². The average Bonchev–Trinajstić information content (AvgIpc) is 3.29. The highest BCUT2D eigenvalue weighted by Gasteiger charge is 2.32. The van der Waals surface area contributed by atoms with Crippen molar-refractivity contribution in [1.82, 2.24) is 14.7 Å². The number of fused-ring (bicyclic) bond motifs is 1. The first kappa shape index (κ1) is 18.9. The molecule has 29 heavy (non-hydrogen) atoms. The normalized spacial score (nSPS) is 14.7. The largest absolute Gasteiger partial charge is 0.442 e. The molecule has 1 saturated heterocycles. The topological polar surface area (TPSA) is 81.5 Å². The molecule has 0 N–H and O–H groups in total. The lowest BCUT2D eigenvalue weighted by molar-refractivity contribution is -0.140. The van der Waals surface area contributed by atoms with Crippen LogP contribution in [0.25, 0.3) is 10.8 Å². The lowest BCUT2D eigenvalue weighted by Gasteiger charge is -2.23. The van der Waals surface area contributed by atoms with Crippen LogP contribution in [0.5, 0.6) is 0 Å². The Bertz CT molecular complexity index is 1120. The van der Waals surface area contributed by atoms with Crippen LogP contribution in [0.15, 0.2) is 59.4 Å².